The summed E-state index contributed by atoms with van der Waals surface area (Å²) in [6.07, 6.45) is 3.63. The van der Waals surface area contributed by atoms with Crippen LogP contribution in [0.15, 0.2) is 24.3 Å². The van der Waals surface area contributed by atoms with Crippen LogP contribution in [0, 0.1) is 0 Å². The van der Waals surface area contributed by atoms with Crippen LogP contribution in [0.3, 0.4) is 0 Å². The highest BCUT2D eigenvalue weighted by Crippen LogP contribution is 2.22. The molecular formula is C16H19N3O2S. The molecule has 0 radical (unpaired) electrons. The third-order valence-corrected chi connectivity index (χ3v) is 4.87. The summed E-state index contributed by atoms with van der Waals surface area (Å²) < 4.78 is 1.14. The number of benzene rings is 1. The van der Waals surface area contributed by atoms with Gasteiger partial charge in [0.2, 0.25) is 11.8 Å². The number of hydrogen-bond acceptors (Lipinski definition) is 4. The first-order chi connectivity index (χ1) is 10.7. The molecule has 2 amide bonds. The number of carbonyl (C=O) groups excluding carboxylic acids is 2. The van der Waals surface area contributed by atoms with Crippen LogP contribution in [-0.2, 0) is 16.0 Å². The van der Waals surface area contributed by atoms with Crippen molar-refractivity contribution in [2.24, 2.45) is 0 Å². The lowest BCUT2D eigenvalue weighted by atomic mass is 10.1. The molecule has 3 rings (SSSR count). The Bertz CT molecular complexity index is 650. The van der Waals surface area contributed by atoms with E-state index < -0.39 is 0 Å². The number of fused-ring (bicyclic) bond motifs is 1. The Labute approximate surface area is 133 Å². The van der Waals surface area contributed by atoms with Gasteiger partial charge in [0.05, 0.1) is 15.2 Å². The summed E-state index contributed by atoms with van der Waals surface area (Å²) >= 11 is 1.62. The molecule has 1 fully saturated rings. The average molecular weight is 317 g/mol. The number of para-hydroxylation sites is 1. The second-order valence-electron chi connectivity index (χ2n) is 5.48. The molecule has 1 aliphatic heterocycles. The van der Waals surface area contributed by atoms with E-state index in [1.807, 2.05) is 24.3 Å². The molecule has 0 spiro atoms. The fraction of sp³-hybridized carbons (Fsp3) is 0.438. The molecule has 0 saturated carbocycles. The zero-order valence-electron chi connectivity index (χ0n) is 12.3. The molecule has 0 bridgehead atoms. The molecule has 1 aromatic carbocycles. The minimum absolute atomic E-state index is 0.0640. The van der Waals surface area contributed by atoms with Crippen LogP contribution in [0.4, 0.5) is 0 Å². The number of thiazole rings is 1. The van der Waals surface area contributed by atoms with Crippen molar-refractivity contribution in [1.29, 1.82) is 0 Å². The maximum atomic E-state index is 12.0. The number of rotatable bonds is 4. The van der Waals surface area contributed by atoms with Crippen molar-refractivity contribution < 1.29 is 9.59 Å². The largest absolute Gasteiger partial charge is 0.354 e. The molecule has 1 saturated heterocycles. The van der Waals surface area contributed by atoms with Gasteiger partial charge in [-0.1, -0.05) is 12.1 Å². The van der Waals surface area contributed by atoms with Gasteiger partial charge >= 0.3 is 0 Å². The highest BCUT2D eigenvalue weighted by atomic mass is 32.1. The standard InChI is InChI=1S/C16H19N3O2S/c20-14(18-12-6-3-4-10-17-16(12)21)8-9-15-19-11-5-1-2-7-13(11)22-15/h1-2,5,7,12H,3-4,6,8-10H2,(H,17,21)(H,18,20)/t12-/m0/s1. The topological polar surface area (TPSA) is 71.1 Å². The van der Waals surface area contributed by atoms with E-state index in [-0.39, 0.29) is 17.9 Å². The lowest BCUT2D eigenvalue weighted by Crippen LogP contribution is -2.45. The van der Waals surface area contributed by atoms with Crippen LogP contribution in [-0.4, -0.2) is 29.4 Å². The van der Waals surface area contributed by atoms with Crippen LogP contribution in [0.5, 0.6) is 0 Å². The number of aromatic nitrogens is 1. The summed E-state index contributed by atoms with van der Waals surface area (Å²) in [7, 11) is 0. The Kier molecular flexibility index (Phi) is 4.68. The fourth-order valence-corrected chi connectivity index (χ4v) is 3.56. The summed E-state index contributed by atoms with van der Waals surface area (Å²) in [4.78, 5) is 28.4. The molecule has 2 heterocycles. The van der Waals surface area contributed by atoms with E-state index in [1.165, 1.54) is 0 Å². The normalized spacial score (nSPS) is 18.7. The van der Waals surface area contributed by atoms with Crippen LogP contribution in [0.25, 0.3) is 10.2 Å². The summed E-state index contributed by atoms with van der Waals surface area (Å²) in [5.74, 6) is -0.146. The number of carbonyl (C=O) groups is 2. The van der Waals surface area contributed by atoms with Gasteiger partial charge in [0.15, 0.2) is 0 Å². The molecule has 2 N–H and O–H groups in total. The van der Waals surface area contributed by atoms with Gasteiger partial charge in [-0.15, -0.1) is 11.3 Å². The summed E-state index contributed by atoms with van der Waals surface area (Å²) in [5, 5.41) is 6.63. The van der Waals surface area contributed by atoms with Crippen molar-refractivity contribution in [2.45, 2.75) is 38.1 Å². The number of amides is 2. The summed E-state index contributed by atoms with van der Waals surface area (Å²) in [6.45, 7) is 0.705. The molecule has 2 aromatic rings. The Morgan fingerprint density at radius 2 is 2.23 bits per heavy atom. The van der Waals surface area contributed by atoms with Gasteiger partial charge in [-0.25, -0.2) is 4.98 Å². The molecular weight excluding hydrogens is 298 g/mol. The Morgan fingerprint density at radius 1 is 1.36 bits per heavy atom. The van der Waals surface area contributed by atoms with E-state index in [2.05, 4.69) is 15.6 Å². The number of nitrogens with one attached hydrogen (secondary N) is 2. The third kappa shape index (κ3) is 3.62. The molecule has 1 atom stereocenters. The second-order valence-corrected chi connectivity index (χ2v) is 6.60. The van der Waals surface area contributed by atoms with Crippen molar-refractivity contribution >= 4 is 33.4 Å². The van der Waals surface area contributed by atoms with Crippen LogP contribution in [0.2, 0.25) is 0 Å². The fourth-order valence-electron chi connectivity index (χ4n) is 2.59. The van der Waals surface area contributed by atoms with Gasteiger partial charge in [0.1, 0.15) is 6.04 Å². The van der Waals surface area contributed by atoms with Gasteiger partial charge in [0, 0.05) is 19.4 Å². The highest BCUT2D eigenvalue weighted by Gasteiger charge is 2.22. The van der Waals surface area contributed by atoms with Crippen LogP contribution >= 0.6 is 11.3 Å². The average Bonchev–Trinajstić information content (AvgIpc) is 2.83. The van der Waals surface area contributed by atoms with Crippen LogP contribution in [0.1, 0.15) is 30.7 Å². The summed E-state index contributed by atoms with van der Waals surface area (Å²) in [6, 6.07) is 7.58. The molecule has 22 heavy (non-hydrogen) atoms. The highest BCUT2D eigenvalue weighted by molar-refractivity contribution is 7.18. The molecule has 116 valence electrons. The van der Waals surface area contributed by atoms with Gasteiger partial charge in [0.25, 0.3) is 0 Å². The number of aryl methyl sites for hydroxylation is 1. The van der Waals surface area contributed by atoms with Crippen molar-refractivity contribution in [2.75, 3.05) is 6.54 Å². The zero-order valence-corrected chi connectivity index (χ0v) is 13.1. The zero-order chi connectivity index (χ0) is 15.4. The minimum Gasteiger partial charge on any atom is -0.354 e. The predicted octanol–water partition coefficient (Wildman–Crippen LogP) is 2.01. The van der Waals surface area contributed by atoms with E-state index in [4.69, 9.17) is 0 Å². The Hall–Kier alpha value is -1.95. The number of hydrogen-bond donors (Lipinski definition) is 2. The maximum absolute atomic E-state index is 12.0. The van der Waals surface area contributed by atoms with Gasteiger partial charge in [-0.2, -0.15) is 0 Å². The first kappa shape index (κ1) is 15.0. The molecule has 1 aromatic heterocycles. The first-order valence-electron chi connectivity index (χ1n) is 7.64. The SMILES string of the molecule is O=C(CCc1nc2ccccc2s1)N[C@H]1CCCCNC1=O. The lowest BCUT2D eigenvalue weighted by Gasteiger charge is -2.14. The van der Waals surface area contributed by atoms with E-state index >= 15 is 0 Å². The van der Waals surface area contributed by atoms with Gasteiger partial charge in [-0.05, 0) is 31.4 Å². The Balaban J connectivity index is 1.54. The molecule has 6 heteroatoms. The third-order valence-electron chi connectivity index (χ3n) is 3.77. The van der Waals surface area contributed by atoms with E-state index in [9.17, 15) is 9.59 Å². The quantitative estimate of drug-likeness (QED) is 0.906. The van der Waals surface area contributed by atoms with Gasteiger partial charge < -0.3 is 10.6 Å². The van der Waals surface area contributed by atoms with E-state index in [0.717, 1.165) is 34.5 Å². The van der Waals surface area contributed by atoms with Crippen molar-refractivity contribution in [1.82, 2.24) is 15.6 Å². The number of nitrogens with zero attached hydrogens (tertiary/aromatic N) is 1. The van der Waals surface area contributed by atoms with Crippen LogP contribution < -0.4 is 10.6 Å². The Morgan fingerprint density at radius 3 is 3.09 bits per heavy atom. The minimum atomic E-state index is -0.384. The first-order valence-corrected chi connectivity index (χ1v) is 8.45. The molecule has 0 unspecified atom stereocenters. The maximum Gasteiger partial charge on any atom is 0.242 e. The van der Waals surface area contributed by atoms with Crippen molar-refractivity contribution in [3.8, 4) is 0 Å². The molecule has 0 aliphatic carbocycles. The summed E-state index contributed by atoms with van der Waals surface area (Å²) in [5.41, 5.74) is 0.978. The molecule has 5 nitrogen and oxygen atoms in total. The monoisotopic (exact) mass is 317 g/mol. The van der Waals surface area contributed by atoms with Crippen molar-refractivity contribution in [3.05, 3.63) is 29.3 Å². The van der Waals surface area contributed by atoms with E-state index in [0.29, 0.717) is 19.4 Å². The lowest BCUT2D eigenvalue weighted by molar-refractivity contribution is -0.128. The smallest absolute Gasteiger partial charge is 0.242 e. The second kappa shape index (κ2) is 6.87. The van der Waals surface area contributed by atoms with Gasteiger partial charge in [-0.3, -0.25) is 9.59 Å². The predicted molar refractivity (Wildman–Crippen MR) is 86.7 cm³/mol. The van der Waals surface area contributed by atoms with Crippen molar-refractivity contribution in [3.63, 3.8) is 0 Å². The molecule has 1 aliphatic rings. The van der Waals surface area contributed by atoms with E-state index in [1.54, 1.807) is 11.3 Å².